The Morgan fingerprint density at radius 3 is 2.70 bits per heavy atom. The Kier molecular flexibility index (Phi) is 4.55. The van der Waals surface area contributed by atoms with Crippen molar-refractivity contribution in [1.29, 1.82) is 0 Å². The standard InChI is InChI=1S/C19H20N2O2/c1-13-5-4-6-14(9-13)18-10-19(20-11-15(23)12-22)16-7-2-3-8-17(16)21-18/h2-10,15,22-23H,11-12H2,1H3,(H,20,21). The summed E-state index contributed by atoms with van der Waals surface area (Å²) in [4.78, 5) is 4.74. The zero-order valence-corrected chi connectivity index (χ0v) is 13.0. The second-order valence-electron chi connectivity index (χ2n) is 5.66. The lowest BCUT2D eigenvalue weighted by atomic mass is 10.1. The summed E-state index contributed by atoms with van der Waals surface area (Å²) in [6.07, 6.45) is -0.788. The Bertz CT molecular complexity index is 817. The maximum atomic E-state index is 9.59. The molecule has 3 aromatic rings. The first-order valence-corrected chi connectivity index (χ1v) is 7.67. The monoisotopic (exact) mass is 308 g/mol. The van der Waals surface area contributed by atoms with E-state index in [4.69, 9.17) is 10.1 Å². The van der Waals surface area contributed by atoms with Crippen molar-refractivity contribution in [2.75, 3.05) is 18.5 Å². The number of para-hydroxylation sites is 1. The third kappa shape index (κ3) is 3.50. The fraction of sp³-hybridized carbons (Fsp3) is 0.211. The van der Waals surface area contributed by atoms with Gasteiger partial charge in [-0.1, -0.05) is 42.0 Å². The minimum atomic E-state index is -0.788. The zero-order valence-electron chi connectivity index (χ0n) is 13.0. The molecule has 4 heteroatoms. The van der Waals surface area contributed by atoms with Crippen LogP contribution in [0.3, 0.4) is 0 Å². The van der Waals surface area contributed by atoms with Gasteiger partial charge in [0, 0.05) is 23.2 Å². The fourth-order valence-corrected chi connectivity index (χ4v) is 2.57. The second-order valence-corrected chi connectivity index (χ2v) is 5.66. The van der Waals surface area contributed by atoms with E-state index in [2.05, 4.69) is 24.4 Å². The molecule has 3 rings (SSSR count). The van der Waals surface area contributed by atoms with E-state index in [0.717, 1.165) is 27.8 Å². The molecule has 0 aliphatic rings. The summed E-state index contributed by atoms with van der Waals surface area (Å²) in [5.41, 5.74) is 4.92. The summed E-state index contributed by atoms with van der Waals surface area (Å²) in [6.45, 7) is 2.08. The van der Waals surface area contributed by atoms with Gasteiger partial charge in [-0.3, -0.25) is 0 Å². The number of benzene rings is 2. The summed E-state index contributed by atoms with van der Waals surface area (Å²) in [5.74, 6) is 0. The van der Waals surface area contributed by atoms with Gasteiger partial charge >= 0.3 is 0 Å². The number of nitrogens with zero attached hydrogens (tertiary/aromatic N) is 1. The second kappa shape index (κ2) is 6.77. The Balaban J connectivity index is 2.06. The Morgan fingerprint density at radius 1 is 1.09 bits per heavy atom. The highest BCUT2D eigenvalue weighted by molar-refractivity contribution is 5.93. The van der Waals surface area contributed by atoms with Crippen molar-refractivity contribution >= 4 is 16.6 Å². The van der Waals surface area contributed by atoms with E-state index in [0.29, 0.717) is 0 Å². The summed E-state index contributed by atoms with van der Waals surface area (Å²) >= 11 is 0. The molecule has 1 aromatic heterocycles. The number of nitrogens with one attached hydrogen (secondary N) is 1. The molecule has 0 aliphatic carbocycles. The molecule has 1 heterocycles. The van der Waals surface area contributed by atoms with Crippen LogP contribution in [0.25, 0.3) is 22.2 Å². The molecule has 0 radical (unpaired) electrons. The highest BCUT2D eigenvalue weighted by Gasteiger charge is 2.09. The number of aliphatic hydroxyl groups excluding tert-OH is 2. The average Bonchev–Trinajstić information content (AvgIpc) is 2.59. The molecule has 23 heavy (non-hydrogen) atoms. The Hall–Kier alpha value is -2.43. The van der Waals surface area contributed by atoms with Gasteiger partial charge in [0.25, 0.3) is 0 Å². The molecule has 4 nitrogen and oxygen atoms in total. The predicted molar refractivity (Wildman–Crippen MR) is 93.5 cm³/mol. The molecule has 2 aromatic carbocycles. The summed E-state index contributed by atoms with van der Waals surface area (Å²) in [6, 6.07) is 18.1. The van der Waals surface area contributed by atoms with Gasteiger partial charge in [0.1, 0.15) is 0 Å². The van der Waals surface area contributed by atoms with Crippen molar-refractivity contribution in [3.63, 3.8) is 0 Å². The molecule has 1 unspecified atom stereocenters. The van der Waals surface area contributed by atoms with Crippen LogP contribution >= 0.6 is 0 Å². The van der Waals surface area contributed by atoms with Crippen LogP contribution in [-0.2, 0) is 0 Å². The Labute approximate surface area is 135 Å². The molecule has 0 amide bonds. The number of anilines is 1. The number of aryl methyl sites for hydroxylation is 1. The number of pyridine rings is 1. The van der Waals surface area contributed by atoms with Crippen molar-refractivity contribution in [2.24, 2.45) is 0 Å². The van der Waals surface area contributed by atoms with Crippen LogP contribution in [0.1, 0.15) is 5.56 Å². The van der Waals surface area contributed by atoms with E-state index in [9.17, 15) is 5.11 Å². The first kappa shape index (κ1) is 15.5. The molecular formula is C19H20N2O2. The summed E-state index contributed by atoms with van der Waals surface area (Å²) in [5, 5.41) is 22.8. The topological polar surface area (TPSA) is 65.4 Å². The van der Waals surface area contributed by atoms with Crippen LogP contribution in [0.4, 0.5) is 5.69 Å². The highest BCUT2D eigenvalue weighted by atomic mass is 16.3. The van der Waals surface area contributed by atoms with E-state index >= 15 is 0 Å². The van der Waals surface area contributed by atoms with Gasteiger partial charge in [0.2, 0.25) is 0 Å². The average molecular weight is 308 g/mol. The van der Waals surface area contributed by atoms with Gasteiger partial charge in [-0.05, 0) is 25.1 Å². The molecule has 0 bridgehead atoms. The molecule has 0 aliphatic heterocycles. The van der Waals surface area contributed by atoms with Crippen LogP contribution in [-0.4, -0.2) is 34.5 Å². The third-order valence-electron chi connectivity index (χ3n) is 3.77. The molecule has 1 atom stereocenters. The minimum Gasteiger partial charge on any atom is -0.394 e. The maximum absolute atomic E-state index is 9.59. The van der Waals surface area contributed by atoms with Crippen LogP contribution in [0.5, 0.6) is 0 Å². The summed E-state index contributed by atoms with van der Waals surface area (Å²) < 4.78 is 0. The van der Waals surface area contributed by atoms with Gasteiger partial charge in [0.05, 0.1) is 23.9 Å². The van der Waals surface area contributed by atoms with Crippen LogP contribution in [0.15, 0.2) is 54.6 Å². The fourth-order valence-electron chi connectivity index (χ4n) is 2.57. The smallest absolute Gasteiger partial charge is 0.0942 e. The van der Waals surface area contributed by atoms with Gasteiger partial charge in [-0.15, -0.1) is 0 Å². The lowest BCUT2D eigenvalue weighted by Crippen LogP contribution is -2.23. The molecular weight excluding hydrogens is 288 g/mol. The maximum Gasteiger partial charge on any atom is 0.0942 e. The minimum absolute atomic E-state index is 0.263. The van der Waals surface area contributed by atoms with Crippen LogP contribution < -0.4 is 5.32 Å². The Morgan fingerprint density at radius 2 is 1.91 bits per heavy atom. The normalized spacial score (nSPS) is 12.3. The zero-order chi connectivity index (χ0) is 16.2. The van der Waals surface area contributed by atoms with Crippen molar-refractivity contribution in [3.05, 3.63) is 60.2 Å². The number of hydrogen-bond acceptors (Lipinski definition) is 4. The lowest BCUT2D eigenvalue weighted by molar-refractivity contribution is 0.105. The molecule has 118 valence electrons. The molecule has 0 saturated carbocycles. The number of hydrogen-bond donors (Lipinski definition) is 3. The van der Waals surface area contributed by atoms with Crippen molar-refractivity contribution in [2.45, 2.75) is 13.0 Å². The van der Waals surface area contributed by atoms with E-state index in [-0.39, 0.29) is 13.2 Å². The summed E-state index contributed by atoms with van der Waals surface area (Å²) in [7, 11) is 0. The quantitative estimate of drug-likeness (QED) is 0.678. The number of fused-ring (bicyclic) bond motifs is 1. The van der Waals surface area contributed by atoms with Crippen LogP contribution in [0, 0.1) is 6.92 Å². The van der Waals surface area contributed by atoms with E-state index in [1.165, 1.54) is 5.56 Å². The molecule has 3 N–H and O–H groups in total. The predicted octanol–water partition coefficient (Wildman–Crippen LogP) is 2.98. The number of aromatic nitrogens is 1. The highest BCUT2D eigenvalue weighted by Crippen LogP contribution is 2.28. The number of aliphatic hydroxyl groups is 2. The van der Waals surface area contributed by atoms with Gasteiger partial charge in [-0.2, -0.15) is 0 Å². The van der Waals surface area contributed by atoms with E-state index in [1.807, 2.05) is 42.5 Å². The molecule has 0 saturated heterocycles. The van der Waals surface area contributed by atoms with Crippen molar-refractivity contribution < 1.29 is 10.2 Å². The first-order chi connectivity index (χ1) is 11.2. The largest absolute Gasteiger partial charge is 0.394 e. The molecule has 0 spiro atoms. The van der Waals surface area contributed by atoms with E-state index < -0.39 is 6.10 Å². The van der Waals surface area contributed by atoms with Gasteiger partial charge in [0.15, 0.2) is 0 Å². The van der Waals surface area contributed by atoms with Gasteiger partial charge < -0.3 is 15.5 Å². The lowest BCUT2D eigenvalue weighted by Gasteiger charge is -2.14. The van der Waals surface area contributed by atoms with Crippen molar-refractivity contribution in [1.82, 2.24) is 4.98 Å². The van der Waals surface area contributed by atoms with Gasteiger partial charge in [-0.25, -0.2) is 4.98 Å². The third-order valence-corrected chi connectivity index (χ3v) is 3.77. The first-order valence-electron chi connectivity index (χ1n) is 7.67. The van der Waals surface area contributed by atoms with Crippen molar-refractivity contribution in [3.8, 4) is 11.3 Å². The van der Waals surface area contributed by atoms with E-state index in [1.54, 1.807) is 0 Å². The molecule has 0 fully saturated rings. The van der Waals surface area contributed by atoms with Crippen LogP contribution in [0.2, 0.25) is 0 Å². The SMILES string of the molecule is Cc1cccc(-c2cc(NCC(O)CO)c3ccccc3n2)c1. The number of rotatable bonds is 5.